The molecule has 184 valence electrons. The summed E-state index contributed by atoms with van der Waals surface area (Å²) in [6.45, 7) is 10.8. The van der Waals surface area contributed by atoms with Crippen LogP contribution in [0.4, 0.5) is 0 Å². The van der Waals surface area contributed by atoms with Gasteiger partial charge in [-0.15, -0.1) is 0 Å². The van der Waals surface area contributed by atoms with Gasteiger partial charge in [0, 0.05) is 57.9 Å². The average Bonchev–Trinajstić information content (AvgIpc) is 2.88. The highest BCUT2D eigenvalue weighted by atomic mass is 16.5. The van der Waals surface area contributed by atoms with E-state index in [1.807, 2.05) is 48.2 Å². The SMILES string of the molecule is COc1ccc(CN2CCOC(CN(CCN3CCOCC3)C(=O)c3ccc(C)cc3)C2)cc1. The van der Waals surface area contributed by atoms with Gasteiger partial charge in [-0.2, -0.15) is 0 Å². The lowest BCUT2D eigenvalue weighted by atomic mass is 10.1. The molecule has 2 heterocycles. The van der Waals surface area contributed by atoms with E-state index in [0.29, 0.717) is 19.7 Å². The van der Waals surface area contributed by atoms with Crippen LogP contribution in [-0.2, 0) is 16.0 Å². The molecule has 7 heteroatoms. The Bertz CT molecular complexity index is 897. The predicted molar refractivity (Wildman–Crippen MR) is 132 cm³/mol. The zero-order chi connectivity index (χ0) is 23.8. The fourth-order valence-corrected chi connectivity index (χ4v) is 4.51. The van der Waals surface area contributed by atoms with Gasteiger partial charge < -0.3 is 19.1 Å². The standard InChI is InChI=1S/C27H37N3O4/c1-22-3-7-24(8-4-22)27(31)30(12-11-28-13-16-33-17-14-28)21-26-20-29(15-18-34-26)19-23-5-9-25(32-2)10-6-23/h3-10,26H,11-21H2,1-2H3. The zero-order valence-corrected chi connectivity index (χ0v) is 20.4. The maximum absolute atomic E-state index is 13.4. The summed E-state index contributed by atoms with van der Waals surface area (Å²) in [5, 5.41) is 0. The molecule has 34 heavy (non-hydrogen) atoms. The Morgan fingerprint density at radius 2 is 1.71 bits per heavy atom. The van der Waals surface area contributed by atoms with Crippen molar-refractivity contribution in [2.75, 3.05) is 72.7 Å². The summed E-state index contributed by atoms with van der Waals surface area (Å²) < 4.78 is 16.9. The number of carbonyl (C=O) groups is 1. The highest BCUT2D eigenvalue weighted by Crippen LogP contribution is 2.16. The second kappa shape index (κ2) is 12.3. The fourth-order valence-electron chi connectivity index (χ4n) is 4.51. The van der Waals surface area contributed by atoms with Gasteiger partial charge in [0.05, 0.1) is 33.0 Å². The highest BCUT2D eigenvalue weighted by Gasteiger charge is 2.26. The Morgan fingerprint density at radius 1 is 1.00 bits per heavy atom. The van der Waals surface area contributed by atoms with E-state index in [0.717, 1.165) is 69.4 Å². The van der Waals surface area contributed by atoms with Gasteiger partial charge >= 0.3 is 0 Å². The van der Waals surface area contributed by atoms with Crippen molar-refractivity contribution in [2.24, 2.45) is 0 Å². The minimum absolute atomic E-state index is 0.00825. The van der Waals surface area contributed by atoms with Gasteiger partial charge in [0.25, 0.3) is 5.91 Å². The van der Waals surface area contributed by atoms with E-state index < -0.39 is 0 Å². The van der Waals surface area contributed by atoms with Gasteiger partial charge in [0.1, 0.15) is 5.75 Å². The summed E-state index contributed by atoms with van der Waals surface area (Å²) in [7, 11) is 1.68. The molecule has 2 aromatic rings. The molecular formula is C27H37N3O4. The van der Waals surface area contributed by atoms with Crippen molar-refractivity contribution in [1.29, 1.82) is 0 Å². The number of hydrogen-bond donors (Lipinski definition) is 0. The first-order valence-electron chi connectivity index (χ1n) is 12.2. The number of benzene rings is 2. The normalized spacial score (nSPS) is 19.6. The third kappa shape index (κ3) is 7.03. The van der Waals surface area contributed by atoms with Crippen molar-refractivity contribution < 1.29 is 19.0 Å². The molecule has 0 bridgehead atoms. The van der Waals surface area contributed by atoms with Crippen molar-refractivity contribution >= 4 is 5.91 Å². The highest BCUT2D eigenvalue weighted by molar-refractivity contribution is 5.94. The van der Waals surface area contributed by atoms with Crippen LogP contribution < -0.4 is 4.74 Å². The van der Waals surface area contributed by atoms with Crippen LogP contribution in [-0.4, -0.2) is 99.5 Å². The molecular weight excluding hydrogens is 430 g/mol. The molecule has 0 aliphatic carbocycles. The Morgan fingerprint density at radius 3 is 2.41 bits per heavy atom. The number of aryl methyl sites for hydroxylation is 1. The summed E-state index contributed by atoms with van der Waals surface area (Å²) in [5.74, 6) is 0.943. The molecule has 4 rings (SSSR count). The molecule has 2 aliphatic heterocycles. The molecule has 1 atom stereocenters. The van der Waals surface area contributed by atoms with Crippen molar-refractivity contribution in [3.8, 4) is 5.75 Å². The largest absolute Gasteiger partial charge is 0.497 e. The molecule has 1 amide bonds. The average molecular weight is 468 g/mol. The van der Waals surface area contributed by atoms with Crippen LogP contribution in [0.15, 0.2) is 48.5 Å². The first kappa shape index (κ1) is 24.7. The van der Waals surface area contributed by atoms with Gasteiger partial charge in [-0.1, -0.05) is 29.8 Å². The molecule has 0 aromatic heterocycles. The number of morpholine rings is 2. The van der Waals surface area contributed by atoms with Gasteiger partial charge in [0.2, 0.25) is 0 Å². The fraction of sp³-hybridized carbons (Fsp3) is 0.519. The topological polar surface area (TPSA) is 54.5 Å². The molecule has 2 saturated heterocycles. The van der Waals surface area contributed by atoms with Crippen LogP contribution in [0, 0.1) is 6.92 Å². The van der Waals surface area contributed by atoms with E-state index in [1.165, 1.54) is 5.56 Å². The number of rotatable bonds is 9. The van der Waals surface area contributed by atoms with E-state index in [2.05, 4.69) is 21.9 Å². The Balaban J connectivity index is 1.38. The molecule has 1 unspecified atom stereocenters. The van der Waals surface area contributed by atoms with Gasteiger partial charge in [-0.05, 0) is 36.8 Å². The summed E-state index contributed by atoms with van der Waals surface area (Å²) in [6.07, 6.45) is -0.00825. The lowest BCUT2D eigenvalue weighted by molar-refractivity contribution is -0.0443. The Labute approximate surface area is 203 Å². The predicted octanol–water partition coefficient (Wildman–Crippen LogP) is 2.68. The Kier molecular flexibility index (Phi) is 8.93. The van der Waals surface area contributed by atoms with Crippen molar-refractivity contribution in [2.45, 2.75) is 19.6 Å². The molecule has 2 fully saturated rings. The zero-order valence-electron chi connectivity index (χ0n) is 20.4. The number of nitrogens with zero attached hydrogens (tertiary/aromatic N) is 3. The maximum Gasteiger partial charge on any atom is 0.253 e. The van der Waals surface area contributed by atoms with E-state index in [4.69, 9.17) is 14.2 Å². The summed E-state index contributed by atoms with van der Waals surface area (Å²) in [6, 6.07) is 16.1. The third-order valence-corrected chi connectivity index (χ3v) is 6.59. The van der Waals surface area contributed by atoms with Crippen LogP contribution >= 0.6 is 0 Å². The van der Waals surface area contributed by atoms with Crippen molar-refractivity contribution in [3.63, 3.8) is 0 Å². The summed E-state index contributed by atoms with van der Waals surface area (Å²) in [4.78, 5) is 20.2. The first-order chi connectivity index (χ1) is 16.6. The number of carbonyl (C=O) groups excluding carboxylic acids is 1. The van der Waals surface area contributed by atoms with E-state index >= 15 is 0 Å². The maximum atomic E-state index is 13.4. The third-order valence-electron chi connectivity index (χ3n) is 6.59. The number of methoxy groups -OCH3 is 1. The smallest absolute Gasteiger partial charge is 0.253 e. The second-order valence-electron chi connectivity index (χ2n) is 9.15. The molecule has 0 radical (unpaired) electrons. The van der Waals surface area contributed by atoms with Crippen molar-refractivity contribution in [1.82, 2.24) is 14.7 Å². The van der Waals surface area contributed by atoms with Gasteiger partial charge in [-0.3, -0.25) is 14.6 Å². The first-order valence-corrected chi connectivity index (χ1v) is 12.2. The monoisotopic (exact) mass is 467 g/mol. The van der Waals surface area contributed by atoms with E-state index in [1.54, 1.807) is 7.11 Å². The molecule has 0 spiro atoms. The Hall–Kier alpha value is -2.45. The lowest BCUT2D eigenvalue weighted by Gasteiger charge is -2.37. The number of hydrogen-bond acceptors (Lipinski definition) is 6. The molecule has 0 saturated carbocycles. The molecule has 2 aliphatic rings. The summed E-state index contributed by atoms with van der Waals surface area (Å²) >= 11 is 0. The van der Waals surface area contributed by atoms with Crippen LogP contribution in [0.25, 0.3) is 0 Å². The quantitative estimate of drug-likeness (QED) is 0.565. The minimum atomic E-state index is -0.00825. The summed E-state index contributed by atoms with van der Waals surface area (Å²) in [5.41, 5.74) is 3.14. The minimum Gasteiger partial charge on any atom is -0.497 e. The second-order valence-corrected chi connectivity index (χ2v) is 9.15. The van der Waals surface area contributed by atoms with Gasteiger partial charge in [-0.25, -0.2) is 0 Å². The number of ether oxygens (including phenoxy) is 3. The van der Waals surface area contributed by atoms with E-state index in [-0.39, 0.29) is 12.0 Å². The lowest BCUT2D eigenvalue weighted by Crippen LogP contribution is -2.50. The van der Waals surface area contributed by atoms with Crippen LogP contribution in [0.2, 0.25) is 0 Å². The molecule has 7 nitrogen and oxygen atoms in total. The van der Waals surface area contributed by atoms with E-state index in [9.17, 15) is 4.79 Å². The van der Waals surface area contributed by atoms with Crippen LogP contribution in [0.5, 0.6) is 5.75 Å². The van der Waals surface area contributed by atoms with Crippen LogP contribution in [0.3, 0.4) is 0 Å². The number of amides is 1. The molecule has 2 aromatic carbocycles. The van der Waals surface area contributed by atoms with Gasteiger partial charge in [0.15, 0.2) is 0 Å². The van der Waals surface area contributed by atoms with Crippen LogP contribution in [0.1, 0.15) is 21.5 Å². The van der Waals surface area contributed by atoms with Crippen molar-refractivity contribution in [3.05, 3.63) is 65.2 Å². The molecule has 0 N–H and O–H groups in total.